The quantitative estimate of drug-likeness (QED) is 0.800. The molecule has 0 bridgehead atoms. The van der Waals surface area contributed by atoms with Gasteiger partial charge < -0.3 is 19.9 Å². The number of ether oxygens (including phenoxy) is 1. The first-order valence-corrected chi connectivity index (χ1v) is 8.70. The van der Waals surface area contributed by atoms with Gasteiger partial charge in [0.2, 0.25) is 0 Å². The number of para-hydroxylation sites is 1. The van der Waals surface area contributed by atoms with E-state index >= 15 is 0 Å². The Hall–Kier alpha value is -2.05. The first-order chi connectivity index (χ1) is 11.8. The molecule has 0 unspecified atom stereocenters. The lowest BCUT2D eigenvalue weighted by molar-refractivity contribution is 0.0375. The molecule has 2 aromatic rings. The van der Waals surface area contributed by atoms with Crippen molar-refractivity contribution in [2.75, 3.05) is 44.7 Å². The number of rotatable bonds is 6. The molecule has 24 heavy (non-hydrogen) atoms. The molecule has 1 aromatic heterocycles. The molecule has 3 rings (SSSR count). The zero-order valence-electron chi connectivity index (χ0n) is 14.3. The molecule has 2 N–H and O–H groups in total. The zero-order chi connectivity index (χ0) is 16.8. The number of fused-ring (bicyclic) bond motifs is 1. The number of carbonyl (C=O) groups excluding carboxylic acids is 1. The number of urea groups is 1. The topological polar surface area (TPSA) is 58.5 Å². The summed E-state index contributed by atoms with van der Waals surface area (Å²) in [6.45, 7) is 8.26. The van der Waals surface area contributed by atoms with Gasteiger partial charge >= 0.3 is 6.03 Å². The lowest BCUT2D eigenvalue weighted by Crippen LogP contribution is -2.38. The molecule has 1 aromatic carbocycles. The molecular weight excluding hydrogens is 304 g/mol. The summed E-state index contributed by atoms with van der Waals surface area (Å²) in [5, 5.41) is 6.99. The summed E-state index contributed by atoms with van der Waals surface area (Å²) < 4.78 is 7.48. The van der Waals surface area contributed by atoms with Gasteiger partial charge in [0.05, 0.1) is 24.4 Å². The van der Waals surface area contributed by atoms with Crippen molar-refractivity contribution in [3.8, 4) is 0 Å². The Balaban J connectivity index is 1.48. The largest absolute Gasteiger partial charge is 0.379 e. The van der Waals surface area contributed by atoms with Crippen LogP contribution in [-0.2, 0) is 11.3 Å². The van der Waals surface area contributed by atoms with Gasteiger partial charge in [0, 0.05) is 37.8 Å². The summed E-state index contributed by atoms with van der Waals surface area (Å²) >= 11 is 0. The molecule has 1 fully saturated rings. The Morgan fingerprint density at radius 2 is 2.04 bits per heavy atom. The van der Waals surface area contributed by atoms with Crippen LogP contribution in [0.3, 0.4) is 0 Å². The molecule has 0 atom stereocenters. The van der Waals surface area contributed by atoms with E-state index in [9.17, 15) is 4.79 Å². The lowest BCUT2D eigenvalue weighted by Gasteiger charge is -2.26. The summed E-state index contributed by atoms with van der Waals surface area (Å²) in [5.74, 6) is 0. The van der Waals surface area contributed by atoms with Crippen LogP contribution in [0.25, 0.3) is 10.9 Å². The SMILES string of the molecule is CCn1cc(NC(=O)NCCCN2CCOCC2)c2ccccc21. The van der Waals surface area contributed by atoms with Crippen LogP contribution >= 0.6 is 0 Å². The van der Waals surface area contributed by atoms with Crippen molar-refractivity contribution in [1.82, 2.24) is 14.8 Å². The van der Waals surface area contributed by atoms with E-state index in [0.29, 0.717) is 6.54 Å². The summed E-state index contributed by atoms with van der Waals surface area (Å²) in [6, 6.07) is 7.98. The van der Waals surface area contributed by atoms with E-state index in [-0.39, 0.29) is 6.03 Å². The average molecular weight is 330 g/mol. The number of anilines is 1. The molecule has 2 amide bonds. The van der Waals surface area contributed by atoms with Gasteiger partial charge in [-0.25, -0.2) is 4.79 Å². The molecule has 1 aliphatic heterocycles. The van der Waals surface area contributed by atoms with Crippen molar-refractivity contribution >= 4 is 22.6 Å². The maximum atomic E-state index is 12.1. The van der Waals surface area contributed by atoms with Crippen molar-refractivity contribution in [2.45, 2.75) is 19.9 Å². The average Bonchev–Trinajstić information content (AvgIpc) is 2.97. The predicted octanol–water partition coefficient (Wildman–Crippen LogP) is 2.50. The minimum absolute atomic E-state index is 0.143. The number of hydrogen-bond acceptors (Lipinski definition) is 3. The second kappa shape index (κ2) is 8.17. The lowest BCUT2D eigenvalue weighted by atomic mass is 10.2. The fourth-order valence-electron chi connectivity index (χ4n) is 3.10. The number of nitrogens with one attached hydrogen (secondary N) is 2. The van der Waals surface area contributed by atoms with E-state index in [1.165, 1.54) is 0 Å². The molecule has 0 radical (unpaired) electrons. The van der Waals surface area contributed by atoms with Crippen LogP contribution in [0, 0.1) is 0 Å². The number of aromatic nitrogens is 1. The molecule has 0 spiro atoms. The van der Waals surface area contributed by atoms with Crippen LogP contribution < -0.4 is 10.6 Å². The molecule has 6 heteroatoms. The number of benzene rings is 1. The molecule has 2 heterocycles. The second-order valence-corrected chi connectivity index (χ2v) is 6.03. The molecule has 1 saturated heterocycles. The third-order valence-electron chi connectivity index (χ3n) is 4.42. The third-order valence-corrected chi connectivity index (χ3v) is 4.42. The van der Waals surface area contributed by atoms with Gasteiger partial charge in [-0.05, 0) is 26.0 Å². The highest BCUT2D eigenvalue weighted by molar-refractivity contribution is 6.01. The molecular formula is C18H26N4O2. The molecule has 130 valence electrons. The summed E-state index contributed by atoms with van der Waals surface area (Å²) in [7, 11) is 0. The van der Waals surface area contributed by atoms with Crippen molar-refractivity contribution in [3.05, 3.63) is 30.5 Å². The van der Waals surface area contributed by atoms with Gasteiger partial charge in [-0.2, -0.15) is 0 Å². The van der Waals surface area contributed by atoms with Crippen LogP contribution in [0.4, 0.5) is 10.5 Å². The van der Waals surface area contributed by atoms with Gasteiger partial charge in [0.25, 0.3) is 0 Å². The first kappa shape index (κ1) is 16.8. The second-order valence-electron chi connectivity index (χ2n) is 6.03. The highest BCUT2D eigenvalue weighted by atomic mass is 16.5. The minimum atomic E-state index is -0.143. The van der Waals surface area contributed by atoms with Gasteiger partial charge in [-0.15, -0.1) is 0 Å². The Morgan fingerprint density at radius 3 is 2.83 bits per heavy atom. The van der Waals surface area contributed by atoms with Crippen molar-refractivity contribution in [1.29, 1.82) is 0 Å². The van der Waals surface area contributed by atoms with Gasteiger partial charge in [0.15, 0.2) is 0 Å². The highest BCUT2D eigenvalue weighted by Crippen LogP contribution is 2.25. The summed E-state index contributed by atoms with van der Waals surface area (Å²) in [4.78, 5) is 14.5. The molecule has 0 saturated carbocycles. The summed E-state index contributed by atoms with van der Waals surface area (Å²) in [5.41, 5.74) is 2.00. The number of amides is 2. The van der Waals surface area contributed by atoms with Crippen LogP contribution in [0.5, 0.6) is 0 Å². The number of nitrogens with zero attached hydrogens (tertiary/aromatic N) is 2. The van der Waals surface area contributed by atoms with E-state index < -0.39 is 0 Å². The van der Waals surface area contributed by atoms with Gasteiger partial charge in [-0.3, -0.25) is 4.90 Å². The molecule has 6 nitrogen and oxygen atoms in total. The van der Waals surface area contributed by atoms with E-state index in [1.54, 1.807) is 0 Å². The van der Waals surface area contributed by atoms with Crippen LogP contribution in [0.2, 0.25) is 0 Å². The smallest absolute Gasteiger partial charge is 0.319 e. The molecule has 1 aliphatic rings. The molecule has 0 aliphatic carbocycles. The Kier molecular flexibility index (Phi) is 5.72. The Bertz CT molecular complexity index is 677. The van der Waals surface area contributed by atoms with Gasteiger partial charge in [-0.1, -0.05) is 18.2 Å². The fourth-order valence-corrected chi connectivity index (χ4v) is 3.10. The Labute approximate surface area is 142 Å². The van der Waals surface area contributed by atoms with Crippen molar-refractivity contribution in [3.63, 3.8) is 0 Å². The third kappa shape index (κ3) is 4.07. The Morgan fingerprint density at radius 1 is 1.25 bits per heavy atom. The maximum Gasteiger partial charge on any atom is 0.319 e. The van der Waals surface area contributed by atoms with Gasteiger partial charge in [0.1, 0.15) is 0 Å². The van der Waals surface area contributed by atoms with Crippen LogP contribution in [0.15, 0.2) is 30.5 Å². The first-order valence-electron chi connectivity index (χ1n) is 8.70. The highest BCUT2D eigenvalue weighted by Gasteiger charge is 2.11. The van der Waals surface area contributed by atoms with Crippen molar-refractivity contribution < 1.29 is 9.53 Å². The fraction of sp³-hybridized carbons (Fsp3) is 0.500. The normalized spacial score (nSPS) is 15.5. The predicted molar refractivity (Wildman–Crippen MR) is 96.5 cm³/mol. The standard InChI is InChI=1S/C18H26N4O2/c1-2-22-14-16(15-6-3-4-7-17(15)22)20-18(23)19-8-5-9-21-10-12-24-13-11-21/h3-4,6-7,14H,2,5,8-13H2,1H3,(H2,19,20,23). The van der Waals surface area contributed by atoms with E-state index in [2.05, 4.69) is 33.1 Å². The van der Waals surface area contributed by atoms with E-state index in [1.807, 2.05) is 24.4 Å². The zero-order valence-corrected chi connectivity index (χ0v) is 14.3. The number of morpholine rings is 1. The maximum absolute atomic E-state index is 12.1. The minimum Gasteiger partial charge on any atom is -0.379 e. The van der Waals surface area contributed by atoms with Crippen LogP contribution in [-0.4, -0.2) is 54.9 Å². The summed E-state index contributed by atoms with van der Waals surface area (Å²) in [6.07, 6.45) is 2.95. The monoisotopic (exact) mass is 330 g/mol. The van der Waals surface area contributed by atoms with Crippen molar-refractivity contribution in [2.24, 2.45) is 0 Å². The van der Waals surface area contributed by atoms with E-state index in [0.717, 1.165) is 62.4 Å². The van der Waals surface area contributed by atoms with Crippen LogP contribution in [0.1, 0.15) is 13.3 Å². The number of carbonyl (C=O) groups is 1. The number of aryl methyl sites for hydroxylation is 1. The van der Waals surface area contributed by atoms with E-state index in [4.69, 9.17) is 4.74 Å². The number of hydrogen-bond donors (Lipinski definition) is 2.